The van der Waals surface area contributed by atoms with E-state index in [1.54, 1.807) is 6.07 Å². The Balaban J connectivity index is 2.39. The number of esters is 3. The van der Waals surface area contributed by atoms with Crippen molar-refractivity contribution >= 4 is 29.3 Å². The van der Waals surface area contributed by atoms with Gasteiger partial charge in [-0.05, 0) is 19.9 Å². The number of carbonyl (C=O) groups excluding carboxylic acids is 3. The molecule has 0 radical (unpaired) electrons. The molecular formula is C19H20N2O8. The first-order chi connectivity index (χ1) is 13.7. The minimum absolute atomic E-state index is 0.124. The van der Waals surface area contributed by atoms with E-state index in [0.29, 0.717) is 0 Å². The van der Waals surface area contributed by atoms with Gasteiger partial charge in [0.05, 0.1) is 30.3 Å². The Hall–Kier alpha value is -3.56. The second kappa shape index (κ2) is 9.09. The van der Waals surface area contributed by atoms with Gasteiger partial charge in [0.1, 0.15) is 18.4 Å². The summed E-state index contributed by atoms with van der Waals surface area (Å²) in [6.45, 7) is 2.62. The first kappa shape index (κ1) is 21.7. The number of ether oxygens (including phenoxy) is 3. The molecule has 0 saturated carbocycles. The smallest absolute Gasteiger partial charge is 0.336 e. The molecule has 0 fully saturated rings. The van der Waals surface area contributed by atoms with Crippen molar-refractivity contribution in [1.82, 2.24) is 0 Å². The number of rotatable bonds is 6. The molecule has 0 spiro atoms. The Morgan fingerprint density at radius 2 is 1.72 bits per heavy atom. The van der Waals surface area contributed by atoms with Gasteiger partial charge in [0, 0.05) is 17.5 Å². The zero-order chi connectivity index (χ0) is 21.7. The molecule has 154 valence electrons. The van der Waals surface area contributed by atoms with Gasteiger partial charge in [-0.2, -0.15) is 0 Å². The van der Waals surface area contributed by atoms with E-state index >= 15 is 0 Å². The second-order valence-corrected chi connectivity index (χ2v) is 6.22. The van der Waals surface area contributed by atoms with Gasteiger partial charge in [-0.25, -0.2) is 4.79 Å². The molecule has 0 amide bonds. The molecule has 0 aromatic heterocycles. The van der Waals surface area contributed by atoms with Gasteiger partial charge in [-0.3, -0.25) is 24.7 Å². The molecule has 29 heavy (non-hydrogen) atoms. The number of hydrogen-bond donors (Lipinski definition) is 0. The summed E-state index contributed by atoms with van der Waals surface area (Å²) >= 11 is 0. The number of nitrogens with zero attached hydrogens (tertiary/aromatic N) is 2. The number of nitro groups is 1. The molecule has 1 aliphatic heterocycles. The van der Waals surface area contributed by atoms with Gasteiger partial charge in [0.25, 0.3) is 5.69 Å². The maximum atomic E-state index is 12.9. The topological polar surface area (TPSA) is 134 Å². The monoisotopic (exact) mass is 404 g/mol. The van der Waals surface area contributed by atoms with Gasteiger partial charge in [-0.15, -0.1) is 0 Å². The Bertz CT molecular complexity index is 919. The van der Waals surface area contributed by atoms with Crippen molar-refractivity contribution in [1.29, 1.82) is 0 Å². The molecule has 0 bridgehead atoms. The highest BCUT2D eigenvalue weighted by Crippen LogP contribution is 2.34. The van der Waals surface area contributed by atoms with Crippen LogP contribution in [0.3, 0.4) is 0 Å². The van der Waals surface area contributed by atoms with Crippen LogP contribution < -0.4 is 0 Å². The van der Waals surface area contributed by atoms with Crippen molar-refractivity contribution in [2.45, 2.75) is 20.5 Å². The number of para-hydroxylation sites is 1. The average Bonchev–Trinajstić information content (AvgIpc) is 2.70. The van der Waals surface area contributed by atoms with E-state index in [1.165, 1.54) is 32.0 Å². The number of nitro benzene ring substituents is 1. The summed E-state index contributed by atoms with van der Waals surface area (Å²) in [4.78, 5) is 52.2. The third kappa shape index (κ3) is 4.48. The largest absolute Gasteiger partial charge is 0.468 e. The summed E-state index contributed by atoms with van der Waals surface area (Å²) in [5.41, 5.74) is 0.311. The summed E-state index contributed by atoms with van der Waals surface area (Å²) in [5.74, 6) is -5.06. The summed E-state index contributed by atoms with van der Waals surface area (Å²) < 4.78 is 14.8. The Kier molecular flexibility index (Phi) is 6.81. The lowest BCUT2D eigenvalue weighted by Crippen LogP contribution is -2.42. The molecule has 10 heteroatoms. The first-order valence-corrected chi connectivity index (χ1v) is 8.53. The number of methoxy groups -OCH3 is 2. The van der Waals surface area contributed by atoms with Crippen LogP contribution in [0.4, 0.5) is 5.69 Å². The Labute approximate surface area is 166 Å². The van der Waals surface area contributed by atoms with Crippen LogP contribution in [0.15, 0.2) is 40.5 Å². The summed E-state index contributed by atoms with van der Waals surface area (Å²) in [6.07, 6.45) is 0. The molecule has 0 aliphatic carbocycles. The highest BCUT2D eigenvalue weighted by Gasteiger charge is 2.46. The molecule has 2 rings (SSSR count). The lowest BCUT2D eigenvalue weighted by Gasteiger charge is -2.29. The van der Waals surface area contributed by atoms with Crippen molar-refractivity contribution in [3.05, 3.63) is 51.2 Å². The van der Waals surface area contributed by atoms with E-state index in [9.17, 15) is 24.5 Å². The third-order valence-electron chi connectivity index (χ3n) is 4.50. The van der Waals surface area contributed by atoms with Gasteiger partial charge in [-0.1, -0.05) is 12.1 Å². The fraction of sp³-hybridized carbons (Fsp3) is 0.368. The normalized spacial score (nSPS) is 18.6. The van der Waals surface area contributed by atoms with E-state index in [4.69, 9.17) is 14.2 Å². The molecule has 0 N–H and O–H groups in total. The van der Waals surface area contributed by atoms with Crippen molar-refractivity contribution in [3.8, 4) is 0 Å². The van der Waals surface area contributed by atoms with Crippen molar-refractivity contribution < 1.29 is 33.5 Å². The van der Waals surface area contributed by atoms with Crippen LogP contribution in [0.25, 0.3) is 0 Å². The van der Waals surface area contributed by atoms with E-state index in [0.717, 1.165) is 14.2 Å². The van der Waals surface area contributed by atoms with Crippen molar-refractivity contribution in [2.24, 2.45) is 16.8 Å². The van der Waals surface area contributed by atoms with Gasteiger partial charge >= 0.3 is 17.9 Å². The highest BCUT2D eigenvalue weighted by molar-refractivity contribution is 6.10. The first-order valence-electron chi connectivity index (χ1n) is 8.53. The zero-order valence-corrected chi connectivity index (χ0v) is 16.3. The standard InChI is InChI=1S/C19H20N2O8/c1-10-14(17(22)27-3)16(15(11(2)20-10)18(23)28-4)19(24)29-9-12-7-5-6-8-13(12)21(25)26/h5-8,14,16H,9H2,1-4H3/t14?,16-/m0/s1. The number of allylic oxidation sites excluding steroid dienone is 1. The molecule has 1 heterocycles. The third-order valence-corrected chi connectivity index (χ3v) is 4.50. The number of carbonyl (C=O) groups is 3. The summed E-state index contributed by atoms with van der Waals surface area (Å²) in [5, 5.41) is 11.1. The van der Waals surface area contributed by atoms with E-state index in [1.807, 2.05) is 0 Å². The minimum Gasteiger partial charge on any atom is -0.468 e. The fourth-order valence-corrected chi connectivity index (χ4v) is 3.15. The zero-order valence-electron chi connectivity index (χ0n) is 16.3. The maximum Gasteiger partial charge on any atom is 0.336 e. The quantitative estimate of drug-likeness (QED) is 0.304. The average molecular weight is 404 g/mol. The molecule has 1 aromatic rings. The van der Waals surface area contributed by atoms with Crippen LogP contribution in [0, 0.1) is 22.0 Å². The second-order valence-electron chi connectivity index (χ2n) is 6.22. The van der Waals surface area contributed by atoms with Gasteiger partial charge in [0.15, 0.2) is 0 Å². The van der Waals surface area contributed by atoms with Gasteiger partial charge < -0.3 is 14.2 Å². The molecule has 1 unspecified atom stereocenters. The van der Waals surface area contributed by atoms with E-state index in [-0.39, 0.29) is 28.2 Å². The number of aliphatic imine (C=N–C) groups is 1. The van der Waals surface area contributed by atoms with Crippen LogP contribution in [-0.2, 0) is 35.2 Å². The Morgan fingerprint density at radius 1 is 1.07 bits per heavy atom. The molecule has 0 saturated heterocycles. The summed E-state index contributed by atoms with van der Waals surface area (Å²) in [6, 6.07) is 5.77. The lowest BCUT2D eigenvalue weighted by atomic mass is 9.80. The van der Waals surface area contributed by atoms with Gasteiger partial charge in [0.2, 0.25) is 0 Å². The predicted molar refractivity (Wildman–Crippen MR) is 99.7 cm³/mol. The van der Waals surface area contributed by atoms with Crippen LogP contribution in [0.1, 0.15) is 19.4 Å². The highest BCUT2D eigenvalue weighted by atomic mass is 16.6. The van der Waals surface area contributed by atoms with Crippen LogP contribution >= 0.6 is 0 Å². The Morgan fingerprint density at radius 3 is 2.31 bits per heavy atom. The molecular weight excluding hydrogens is 384 g/mol. The number of hydrogen-bond acceptors (Lipinski definition) is 9. The SMILES string of the molecule is COC(=O)C1=C(C)N=C(C)C(C(=O)OC)[C@@H]1C(=O)OCc1ccccc1[N+](=O)[O-]. The van der Waals surface area contributed by atoms with Crippen LogP contribution in [0.2, 0.25) is 0 Å². The van der Waals surface area contributed by atoms with E-state index < -0.39 is 41.3 Å². The maximum absolute atomic E-state index is 12.9. The van der Waals surface area contributed by atoms with Crippen LogP contribution in [-0.4, -0.2) is 42.8 Å². The molecule has 1 aromatic carbocycles. The number of benzene rings is 1. The van der Waals surface area contributed by atoms with E-state index in [2.05, 4.69) is 4.99 Å². The minimum atomic E-state index is -1.35. The molecule has 10 nitrogen and oxygen atoms in total. The molecule has 2 atom stereocenters. The molecule has 1 aliphatic rings. The fourth-order valence-electron chi connectivity index (χ4n) is 3.15. The predicted octanol–water partition coefficient (Wildman–Crippen LogP) is 1.96. The van der Waals surface area contributed by atoms with Crippen molar-refractivity contribution in [2.75, 3.05) is 14.2 Å². The summed E-state index contributed by atoms with van der Waals surface area (Å²) in [7, 11) is 2.28. The van der Waals surface area contributed by atoms with Crippen molar-refractivity contribution in [3.63, 3.8) is 0 Å². The van der Waals surface area contributed by atoms with Crippen LogP contribution in [0.5, 0.6) is 0 Å². The lowest BCUT2D eigenvalue weighted by molar-refractivity contribution is -0.385.